The number of halogens is 3. The van der Waals surface area contributed by atoms with Crippen molar-refractivity contribution in [3.63, 3.8) is 0 Å². The molecule has 1 atom stereocenters. The Kier molecular flexibility index (Phi) is 4.21. The number of hydrogen-bond acceptors (Lipinski definition) is 6. The van der Waals surface area contributed by atoms with Gasteiger partial charge in [-0.3, -0.25) is 0 Å². The summed E-state index contributed by atoms with van der Waals surface area (Å²) in [5.74, 6) is 3.50. The first-order valence-electron chi connectivity index (χ1n) is 5.45. The maximum absolute atomic E-state index is 12.6. The van der Waals surface area contributed by atoms with E-state index in [4.69, 9.17) is 5.84 Å². The largest absolute Gasteiger partial charge is 0.451 e. The van der Waals surface area contributed by atoms with E-state index in [2.05, 4.69) is 15.3 Å². The van der Waals surface area contributed by atoms with Crippen LogP contribution in [0.25, 0.3) is 0 Å². The minimum atomic E-state index is -4.68. The van der Waals surface area contributed by atoms with Crippen molar-refractivity contribution in [2.45, 2.75) is 38.6 Å². The van der Waals surface area contributed by atoms with Gasteiger partial charge in [0.15, 0.2) is 0 Å². The molecule has 1 aromatic rings. The van der Waals surface area contributed by atoms with E-state index < -0.39 is 23.6 Å². The van der Waals surface area contributed by atoms with Gasteiger partial charge in [0.05, 0.1) is 11.6 Å². The van der Waals surface area contributed by atoms with Gasteiger partial charge < -0.3 is 15.8 Å². The van der Waals surface area contributed by atoms with Crippen LogP contribution in [-0.2, 0) is 6.18 Å². The number of alkyl halides is 3. The third kappa shape index (κ3) is 3.93. The van der Waals surface area contributed by atoms with E-state index in [0.717, 1.165) is 0 Å². The number of aromatic nitrogens is 2. The van der Waals surface area contributed by atoms with Crippen molar-refractivity contribution < 1.29 is 18.3 Å². The molecular weight excluding hydrogens is 263 g/mol. The molecule has 0 saturated carbocycles. The van der Waals surface area contributed by atoms with Gasteiger partial charge in [-0.2, -0.15) is 13.2 Å². The number of nitrogen functional groups attached to an aromatic ring is 1. The van der Waals surface area contributed by atoms with E-state index in [0.29, 0.717) is 0 Å². The summed E-state index contributed by atoms with van der Waals surface area (Å²) < 4.78 is 37.8. The maximum Gasteiger partial charge on any atom is 0.451 e. The van der Waals surface area contributed by atoms with Crippen LogP contribution in [0.2, 0.25) is 0 Å². The molecule has 0 aliphatic carbocycles. The highest BCUT2D eigenvalue weighted by atomic mass is 19.4. The molecule has 0 spiro atoms. The Labute approximate surface area is 108 Å². The molecule has 0 radical (unpaired) electrons. The Morgan fingerprint density at radius 1 is 1.26 bits per heavy atom. The van der Waals surface area contributed by atoms with Crippen LogP contribution in [0, 0.1) is 0 Å². The van der Waals surface area contributed by atoms with Crippen LogP contribution in [0.4, 0.5) is 24.8 Å². The van der Waals surface area contributed by atoms with Crippen molar-refractivity contribution in [2.24, 2.45) is 5.84 Å². The zero-order valence-corrected chi connectivity index (χ0v) is 10.7. The van der Waals surface area contributed by atoms with Crippen LogP contribution in [0.1, 0.15) is 26.6 Å². The minimum absolute atomic E-state index is 0.0822. The number of anilines is 2. The number of hydrogen-bond donors (Lipinski definition) is 4. The fourth-order valence-electron chi connectivity index (χ4n) is 1.15. The van der Waals surface area contributed by atoms with Crippen LogP contribution < -0.4 is 16.6 Å². The number of hydrazine groups is 1. The Bertz CT molecular complexity index is 447. The van der Waals surface area contributed by atoms with Crippen LogP contribution in [-0.4, -0.2) is 26.7 Å². The second kappa shape index (κ2) is 5.17. The molecule has 1 heterocycles. The summed E-state index contributed by atoms with van der Waals surface area (Å²) in [6.07, 6.45) is -5.48. The minimum Gasteiger partial charge on any atom is -0.391 e. The molecule has 0 aliphatic heterocycles. The molecule has 0 fully saturated rings. The SMILES string of the molecule is CC(O)C(C)(C)Nc1cc(NN)nc(C(F)(F)F)n1. The van der Waals surface area contributed by atoms with E-state index in [1.807, 2.05) is 5.43 Å². The lowest BCUT2D eigenvalue weighted by Gasteiger charge is -2.30. The van der Waals surface area contributed by atoms with E-state index in [-0.39, 0.29) is 11.6 Å². The van der Waals surface area contributed by atoms with Gasteiger partial charge >= 0.3 is 6.18 Å². The van der Waals surface area contributed by atoms with E-state index in [9.17, 15) is 18.3 Å². The Morgan fingerprint density at radius 3 is 2.21 bits per heavy atom. The van der Waals surface area contributed by atoms with Crippen molar-refractivity contribution in [3.05, 3.63) is 11.9 Å². The Hall–Kier alpha value is -1.61. The molecule has 0 amide bonds. The Morgan fingerprint density at radius 2 is 1.79 bits per heavy atom. The van der Waals surface area contributed by atoms with Crippen LogP contribution in [0.3, 0.4) is 0 Å². The third-order valence-electron chi connectivity index (χ3n) is 2.62. The molecule has 1 aromatic heterocycles. The lowest BCUT2D eigenvalue weighted by atomic mass is 9.99. The average molecular weight is 279 g/mol. The number of rotatable bonds is 4. The monoisotopic (exact) mass is 279 g/mol. The molecule has 0 saturated heterocycles. The zero-order chi connectivity index (χ0) is 14.8. The number of nitrogens with two attached hydrogens (primary N) is 1. The predicted molar refractivity (Wildman–Crippen MR) is 64.2 cm³/mol. The molecule has 5 N–H and O–H groups in total. The van der Waals surface area contributed by atoms with Gasteiger partial charge in [-0.15, -0.1) is 0 Å². The summed E-state index contributed by atoms with van der Waals surface area (Å²) in [7, 11) is 0. The van der Waals surface area contributed by atoms with Gasteiger partial charge in [0.2, 0.25) is 5.82 Å². The second-order valence-electron chi connectivity index (χ2n) is 4.63. The van der Waals surface area contributed by atoms with Crippen molar-refractivity contribution in [2.75, 3.05) is 10.7 Å². The summed E-state index contributed by atoms with van der Waals surface area (Å²) in [5.41, 5.74) is 1.18. The molecule has 0 bridgehead atoms. The lowest BCUT2D eigenvalue weighted by Crippen LogP contribution is -2.42. The first-order valence-corrected chi connectivity index (χ1v) is 5.45. The van der Waals surface area contributed by atoms with Crippen molar-refractivity contribution >= 4 is 11.6 Å². The fourth-order valence-corrected chi connectivity index (χ4v) is 1.15. The number of nitrogens with one attached hydrogen (secondary N) is 2. The highest BCUT2D eigenvalue weighted by Crippen LogP contribution is 2.29. The number of aliphatic hydroxyl groups is 1. The summed E-state index contributed by atoms with van der Waals surface area (Å²) >= 11 is 0. The molecule has 9 heteroatoms. The van der Waals surface area contributed by atoms with Crippen LogP contribution >= 0.6 is 0 Å². The number of aliphatic hydroxyl groups excluding tert-OH is 1. The first-order chi connectivity index (χ1) is 8.56. The number of nitrogens with zero attached hydrogens (tertiary/aromatic N) is 2. The molecule has 19 heavy (non-hydrogen) atoms. The Balaban J connectivity index is 3.15. The van der Waals surface area contributed by atoms with Gasteiger partial charge in [0.25, 0.3) is 0 Å². The van der Waals surface area contributed by atoms with Gasteiger partial charge in [-0.1, -0.05) is 0 Å². The average Bonchev–Trinajstić information content (AvgIpc) is 2.26. The fraction of sp³-hybridized carbons (Fsp3) is 0.600. The standard InChI is InChI=1S/C10H16F3N5O/c1-5(19)9(2,3)17-6-4-7(18-14)16-8(15-6)10(11,12)13/h4-5,19H,14H2,1-3H3,(H2,15,16,17,18). The summed E-state index contributed by atoms with van der Waals surface area (Å²) in [4.78, 5) is 6.59. The molecule has 1 rings (SSSR count). The van der Waals surface area contributed by atoms with E-state index in [1.165, 1.54) is 13.0 Å². The molecular formula is C10H16F3N5O. The highest BCUT2D eigenvalue weighted by molar-refractivity contribution is 5.48. The van der Waals surface area contributed by atoms with Gasteiger partial charge in [0, 0.05) is 6.07 Å². The molecule has 0 aliphatic rings. The smallest absolute Gasteiger partial charge is 0.391 e. The second-order valence-corrected chi connectivity index (χ2v) is 4.63. The third-order valence-corrected chi connectivity index (χ3v) is 2.62. The van der Waals surface area contributed by atoms with Crippen LogP contribution in [0.15, 0.2) is 6.07 Å². The lowest BCUT2D eigenvalue weighted by molar-refractivity contribution is -0.144. The van der Waals surface area contributed by atoms with Crippen molar-refractivity contribution in [1.29, 1.82) is 0 Å². The predicted octanol–water partition coefficient (Wildman–Crippen LogP) is 1.35. The van der Waals surface area contributed by atoms with Gasteiger partial charge in [-0.05, 0) is 20.8 Å². The molecule has 1 unspecified atom stereocenters. The molecule has 0 aromatic carbocycles. The van der Waals surface area contributed by atoms with Crippen molar-refractivity contribution in [3.8, 4) is 0 Å². The highest BCUT2D eigenvalue weighted by Gasteiger charge is 2.36. The first kappa shape index (κ1) is 15.4. The van der Waals surface area contributed by atoms with E-state index in [1.54, 1.807) is 13.8 Å². The van der Waals surface area contributed by atoms with Gasteiger partial charge in [-0.25, -0.2) is 15.8 Å². The topological polar surface area (TPSA) is 96.1 Å². The maximum atomic E-state index is 12.6. The quantitative estimate of drug-likeness (QED) is 0.491. The summed E-state index contributed by atoms with van der Waals surface area (Å²) in [5, 5.41) is 12.2. The van der Waals surface area contributed by atoms with Crippen LogP contribution in [0.5, 0.6) is 0 Å². The summed E-state index contributed by atoms with van der Waals surface area (Å²) in [6.45, 7) is 4.77. The normalized spacial score (nSPS) is 14.1. The molecule has 6 nitrogen and oxygen atoms in total. The van der Waals surface area contributed by atoms with Gasteiger partial charge in [0.1, 0.15) is 11.6 Å². The van der Waals surface area contributed by atoms with E-state index >= 15 is 0 Å². The molecule has 108 valence electrons. The zero-order valence-electron chi connectivity index (χ0n) is 10.7. The summed E-state index contributed by atoms with van der Waals surface area (Å²) in [6, 6.07) is 1.22. The van der Waals surface area contributed by atoms with Crippen molar-refractivity contribution in [1.82, 2.24) is 9.97 Å².